The third kappa shape index (κ3) is 7.04. The van der Waals surface area contributed by atoms with Crippen LogP contribution in [0.4, 0.5) is 0 Å². The van der Waals surface area contributed by atoms with Gasteiger partial charge in [-0.25, -0.2) is 5.53 Å². The van der Waals surface area contributed by atoms with Crippen molar-refractivity contribution < 1.29 is 20.0 Å². The van der Waals surface area contributed by atoms with Crippen molar-refractivity contribution in [2.24, 2.45) is 21.3 Å². The van der Waals surface area contributed by atoms with Crippen molar-refractivity contribution in [2.75, 3.05) is 6.54 Å². The number of hydrogen-bond donors (Lipinski definition) is 4. The number of carbonyl (C=O) groups excluding carboxylic acids is 2. The Morgan fingerprint density at radius 2 is 1.94 bits per heavy atom. The number of nitrogens with zero attached hydrogens (tertiary/aromatic N) is 3. The Labute approximate surface area is 103 Å². The summed E-state index contributed by atoms with van der Waals surface area (Å²) in [4.78, 5) is 22.5. The van der Waals surface area contributed by atoms with Crippen molar-refractivity contribution in [3.8, 4) is 0 Å². The van der Waals surface area contributed by atoms with Crippen LogP contribution in [0, 0.1) is 11.4 Å². The maximum atomic E-state index is 11.3. The van der Waals surface area contributed by atoms with E-state index in [1.54, 1.807) is 0 Å². The Kier molecular flexibility index (Phi) is 8.60. The predicted molar refractivity (Wildman–Crippen MR) is 61.1 cm³/mol. The van der Waals surface area contributed by atoms with Crippen LogP contribution < -0.4 is 5.32 Å². The molecule has 2 amide bonds. The highest BCUT2D eigenvalue weighted by atomic mass is 16.4. The topological polar surface area (TPSA) is 148 Å². The Bertz CT molecular complexity index is 342. The molecule has 0 spiro atoms. The second kappa shape index (κ2) is 9.87. The number of carbonyl (C=O) groups is 2. The van der Waals surface area contributed by atoms with Gasteiger partial charge in [0.05, 0.1) is 5.92 Å². The standard InChI is InChI=1S/C9H15N5O4/c10-14-9(16)7(3-5-13-18)6-11-8(15)2-1-4-12-17/h4-5,7,10,17-18H,1-3,6H2,(H,11,15)/b12-4+,13-5+,14-10?. The van der Waals surface area contributed by atoms with E-state index >= 15 is 0 Å². The van der Waals surface area contributed by atoms with Gasteiger partial charge in [-0.2, -0.15) is 0 Å². The molecule has 0 aliphatic carbocycles. The maximum Gasteiger partial charge on any atom is 0.269 e. The molecular formula is C9H15N5O4. The molecule has 0 bridgehead atoms. The minimum absolute atomic E-state index is 0.00232. The first-order valence-corrected chi connectivity index (χ1v) is 5.15. The number of oxime groups is 2. The molecule has 0 saturated carbocycles. The van der Waals surface area contributed by atoms with Gasteiger partial charge in [-0.15, -0.1) is 15.4 Å². The lowest BCUT2D eigenvalue weighted by Gasteiger charge is -2.10. The van der Waals surface area contributed by atoms with Crippen molar-refractivity contribution in [3.63, 3.8) is 0 Å². The number of amides is 2. The molecule has 100 valence electrons. The van der Waals surface area contributed by atoms with E-state index in [0.29, 0.717) is 0 Å². The van der Waals surface area contributed by atoms with E-state index in [9.17, 15) is 9.59 Å². The number of nitrogens with one attached hydrogen (secondary N) is 2. The van der Waals surface area contributed by atoms with E-state index in [1.165, 1.54) is 6.21 Å². The zero-order valence-electron chi connectivity index (χ0n) is 9.61. The van der Waals surface area contributed by atoms with Crippen LogP contribution in [0.5, 0.6) is 0 Å². The molecule has 0 radical (unpaired) electrons. The first kappa shape index (κ1) is 15.7. The van der Waals surface area contributed by atoms with Crippen LogP contribution in [0.25, 0.3) is 0 Å². The summed E-state index contributed by atoms with van der Waals surface area (Å²) in [6, 6.07) is 0. The normalized spacial score (nSPS) is 12.7. The summed E-state index contributed by atoms with van der Waals surface area (Å²) in [7, 11) is 0. The molecule has 0 aliphatic heterocycles. The van der Waals surface area contributed by atoms with Crippen LogP contribution in [0.3, 0.4) is 0 Å². The first-order chi connectivity index (χ1) is 8.65. The third-order valence-corrected chi connectivity index (χ3v) is 2.06. The summed E-state index contributed by atoms with van der Waals surface area (Å²) in [5.74, 6) is -1.75. The van der Waals surface area contributed by atoms with E-state index in [0.717, 1.165) is 6.21 Å². The minimum Gasteiger partial charge on any atom is -0.411 e. The van der Waals surface area contributed by atoms with Gasteiger partial charge < -0.3 is 15.7 Å². The Morgan fingerprint density at radius 3 is 2.50 bits per heavy atom. The summed E-state index contributed by atoms with van der Waals surface area (Å²) in [6.07, 6.45) is 2.76. The highest BCUT2D eigenvalue weighted by molar-refractivity contribution is 5.83. The van der Waals surface area contributed by atoms with E-state index in [1.807, 2.05) is 0 Å². The van der Waals surface area contributed by atoms with Gasteiger partial charge in [0.2, 0.25) is 5.91 Å². The molecule has 0 heterocycles. The second-order valence-electron chi connectivity index (χ2n) is 3.32. The highest BCUT2D eigenvalue weighted by Gasteiger charge is 2.17. The van der Waals surface area contributed by atoms with Gasteiger partial charge in [-0.05, 0) is 12.8 Å². The van der Waals surface area contributed by atoms with Crippen LogP contribution in [0.15, 0.2) is 15.4 Å². The Balaban J connectivity index is 4.12. The molecule has 0 aromatic rings. The zero-order chi connectivity index (χ0) is 13.8. The molecule has 9 heteroatoms. The quantitative estimate of drug-likeness (QED) is 0.215. The highest BCUT2D eigenvalue weighted by Crippen LogP contribution is 2.03. The summed E-state index contributed by atoms with van der Waals surface area (Å²) in [5.41, 5.74) is 6.61. The monoisotopic (exact) mass is 257 g/mol. The summed E-state index contributed by atoms with van der Waals surface area (Å²) in [6.45, 7) is 0.00232. The first-order valence-electron chi connectivity index (χ1n) is 5.15. The molecule has 0 aromatic carbocycles. The van der Waals surface area contributed by atoms with Crippen LogP contribution in [-0.4, -0.2) is 41.2 Å². The molecule has 9 nitrogen and oxygen atoms in total. The second-order valence-corrected chi connectivity index (χ2v) is 3.32. The van der Waals surface area contributed by atoms with E-state index in [2.05, 4.69) is 20.7 Å². The Morgan fingerprint density at radius 1 is 1.28 bits per heavy atom. The molecule has 1 unspecified atom stereocenters. The average Bonchev–Trinajstić information content (AvgIpc) is 2.38. The Hall–Kier alpha value is -2.32. The van der Waals surface area contributed by atoms with Gasteiger partial charge in [0.1, 0.15) is 0 Å². The average molecular weight is 257 g/mol. The van der Waals surface area contributed by atoms with Gasteiger partial charge in [0, 0.05) is 25.4 Å². The van der Waals surface area contributed by atoms with Crippen LogP contribution >= 0.6 is 0 Å². The number of rotatable bonds is 8. The van der Waals surface area contributed by atoms with Gasteiger partial charge in [-0.1, -0.05) is 0 Å². The van der Waals surface area contributed by atoms with Crippen molar-refractivity contribution in [1.82, 2.24) is 5.32 Å². The minimum atomic E-state index is -0.728. The summed E-state index contributed by atoms with van der Waals surface area (Å²) >= 11 is 0. The fraction of sp³-hybridized carbons (Fsp3) is 0.556. The van der Waals surface area contributed by atoms with Gasteiger partial charge in [0.25, 0.3) is 5.91 Å². The predicted octanol–water partition coefficient (Wildman–Crippen LogP) is 0.367. The fourth-order valence-corrected chi connectivity index (χ4v) is 1.12. The van der Waals surface area contributed by atoms with Gasteiger partial charge in [-0.3, -0.25) is 9.59 Å². The van der Waals surface area contributed by atoms with Crippen molar-refractivity contribution >= 4 is 24.2 Å². The summed E-state index contributed by atoms with van der Waals surface area (Å²) in [5, 5.41) is 27.1. The zero-order valence-corrected chi connectivity index (χ0v) is 9.61. The third-order valence-electron chi connectivity index (χ3n) is 2.06. The van der Waals surface area contributed by atoms with Crippen molar-refractivity contribution in [2.45, 2.75) is 19.3 Å². The lowest BCUT2D eigenvalue weighted by Crippen LogP contribution is -2.32. The SMILES string of the molecule is N=NC(=O)C(C/C=N/O)CNC(=O)CC/C=N/O. The van der Waals surface area contributed by atoms with Crippen molar-refractivity contribution in [3.05, 3.63) is 0 Å². The largest absolute Gasteiger partial charge is 0.411 e. The molecule has 0 rings (SSSR count). The van der Waals surface area contributed by atoms with Crippen LogP contribution in [0.1, 0.15) is 19.3 Å². The smallest absolute Gasteiger partial charge is 0.269 e. The molecule has 0 saturated heterocycles. The lowest BCUT2D eigenvalue weighted by atomic mass is 10.1. The molecule has 18 heavy (non-hydrogen) atoms. The number of hydrogen-bond acceptors (Lipinski definition) is 7. The molecular weight excluding hydrogens is 242 g/mol. The fourth-order valence-electron chi connectivity index (χ4n) is 1.12. The molecule has 4 N–H and O–H groups in total. The molecule has 1 atom stereocenters. The van der Waals surface area contributed by atoms with Crippen molar-refractivity contribution in [1.29, 1.82) is 5.53 Å². The lowest BCUT2D eigenvalue weighted by molar-refractivity contribution is -0.123. The van der Waals surface area contributed by atoms with E-state index in [-0.39, 0.29) is 31.7 Å². The summed E-state index contributed by atoms with van der Waals surface area (Å²) < 4.78 is 0. The van der Waals surface area contributed by atoms with Crippen LogP contribution in [0.2, 0.25) is 0 Å². The van der Waals surface area contributed by atoms with Gasteiger partial charge >= 0.3 is 0 Å². The van der Waals surface area contributed by atoms with E-state index < -0.39 is 11.8 Å². The maximum absolute atomic E-state index is 11.3. The van der Waals surface area contributed by atoms with Gasteiger partial charge in [0.15, 0.2) is 0 Å². The molecule has 0 aliphatic rings. The molecule has 0 fully saturated rings. The van der Waals surface area contributed by atoms with Crippen LogP contribution in [-0.2, 0) is 9.59 Å². The van der Waals surface area contributed by atoms with E-state index in [4.69, 9.17) is 15.9 Å². The molecule has 0 aromatic heterocycles.